The van der Waals surface area contributed by atoms with Gasteiger partial charge in [0.05, 0.1) is 13.3 Å². The van der Waals surface area contributed by atoms with E-state index in [1.807, 2.05) is 0 Å². The van der Waals surface area contributed by atoms with Crippen LogP contribution in [0.1, 0.15) is 10.5 Å². The lowest BCUT2D eigenvalue weighted by Gasteiger charge is -1.96. The molecule has 2 heterocycles. The van der Waals surface area contributed by atoms with Gasteiger partial charge in [-0.15, -0.1) is 5.10 Å². The van der Waals surface area contributed by atoms with Gasteiger partial charge in [-0.3, -0.25) is 9.97 Å². The normalized spacial score (nSPS) is 9.93. The van der Waals surface area contributed by atoms with Crippen LogP contribution in [0.25, 0.3) is 11.4 Å². The number of nitrogens with zero attached hydrogens (tertiary/aromatic N) is 4. The summed E-state index contributed by atoms with van der Waals surface area (Å²) in [7, 11) is 1.28. The van der Waals surface area contributed by atoms with Crippen molar-refractivity contribution in [2.75, 3.05) is 7.11 Å². The van der Waals surface area contributed by atoms with Crippen molar-refractivity contribution in [2.24, 2.45) is 0 Å². The summed E-state index contributed by atoms with van der Waals surface area (Å²) in [5, 5.41) is 9.84. The van der Waals surface area contributed by atoms with Crippen molar-refractivity contribution in [2.45, 2.75) is 0 Å². The van der Waals surface area contributed by atoms with E-state index in [2.05, 4.69) is 30.1 Å². The minimum atomic E-state index is -0.565. The second kappa shape index (κ2) is 3.82. The van der Waals surface area contributed by atoms with Gasteiger partial charge in [0, 0.05) is 12.4 Å². The molecule has 0 spiro atoms. The molecular formula is C8H7N5O2. The number of methoxy groups -OCH3 is 1. The topological polar surface area (TPSA) is 93.7 Å². The van der Waals surface area contributed by atoms with Gasteiger partial charge in [-0.1, -0.05) is 0 Å². The standard InChI is InChI=1S/C8H7N5O2/c1-15-8(14)7-6(11-13-12-7)5-4-9-2-3-10-5/h2-4H,1H3,(H,11,12,13). The van der Waals surface area contributed by atoms with Gasteiger partial charge in [-0.25, -0.2) is 4.79 Å². The van der Waals surface area contributed by atoms with Crippen LogP contribution < -0.4 is 0 Å². The minimum Gasteiger partial charge on any atom is -0.464 e. The molecule has 0 amide bonds. The molecule has 0 unspecified atom stereocenters. The second-order valence-corrected chi connectivity index (χ2v) is 2.60. The molecule has 7 heteroatoms. The van der Waals surface area contributed by atoms with Crippen molar-refractivity contribution in [3.63, 3.8) is 0 Å². The average molecular weight is 205 g/mol. The van der Waals surface area contributed by atoms with E-state index in [1.165, 1.54) is 25.7 Å². The zero-order valence-electron chi connectivity index (χ0n) is 7.84. The molecule has 1 N–H and O–H groups in total. The van der Waals surface area contributed by atoms with Gasteiger partial charge in [0.15, 0.2) is 5.69 Å². The summed E-state index contributed by atoms with van der Waals surface area (Å²) in [5.74, 6) is -0.565. The van der Waals surface area contributed by atoms with E-state index in [4.69, 9.17) is 0 Å². The average Bonchev–Trinajstić information content (AvgIpc) is 2.78. The third kappa shape index (κ3) is 1.66. The molecule has 0 aliphatic rings. The zero-order chi connectivity index (χ0) is 10.7. The summed E-state index contributed by atoms with van der Waals surface area (Å²) in [4.78, 5) is 19.2. The molecule has 2 aromatic rings. The number of nitrogens with one attached hydrogen (secondary N) is 1. The molecule has 0 saturated heterocycles. The van der Waals surface area contributed by atoms with E-state index < -0.39 is 5.97 Å². The second-order valence-electron chi connectivity index (χ2n) is 2.60. The van der Waals surface area contributed by atoms with Crippen molar-refractivity contribution in [3.8, 4) is 11.4 Å². The Balaban J connectivity index is 2.46. The summed E-state index contributed by atoms with van der Waals surface area (Å²) in [6.07, 6.45) is 4.52. The number of hydrogen-bond acceptors (Lipinski definition) is 6. The van der Waals surface area contributed by atoms with Crippen LogP contribution in [0.2, 0.25) is 0 Å². The number of carbonyl (C=O) groups excluding carboxylic acids is 1. The first-order chi connectivity index (χ1) is 7.33. The Morgan fingerprint density at radius 1 is 1.40 bits per heavy atom. The number of hydrogen-bond donors (Lipinski definition) is 1. The smallest absolute Gasteiger partial charge is 0.360 e. The number of ether oxygens (including phenoxy) is 1. The lowest BCUT2D eigenvalue weighted by molar-refractivity contribution is 0.0595. The number of carbonyl (C=O) groups is 1. The van der Waals surface area contributed by atoms with E-state index in [0.717, 1.165) is 0 Å². The van der Waals surface area contributed by atoms with Gasteiger partial charge in [-0.2, -0.15) is 10.3 Å². The summed E-state index contributed by atoms with van der Waals surface area (Å²) in [6, 6.07) is 0. The fourth-order valence-electron chi connectivity index (χ4n) is 1.07. The fourth-order valence-corrected chi connectivity index (χ4v) is 1.07. The fraction of sp³-hybridized carbons (Fsp3) is 0.125. The Bertz CT molecular complexity index is 467. The molecule has 0 saturated carbocycles. The van der Waals surface area contributed by atoms with Crippen LogP contribution in [0.5, 0.6) is 0 Å². The van der Waals surface area contributed by atoms with Crippen LogP contribution in [-0.2, 0) is 4.74 Å². The minimum absolute atomic E-state index is 0.0954. The third-order valence-electron chi connectivity index (χ3n) is 1.73. The highest BCUT2D eigenvalue weighted by atomic mass is 16.5. The molecule has 0 bridgehead atoms. The predicted molar refractivity (Wildman–Crippen MR) is 48.7 cm³/mol. The van der Waals surface area contributed by atoms with Crippen LogP contribution in [-0.4, -0.2) is 38.5 Å². The van der Waals surface area contributed by atoms with E-state index >= 15 is 0 Å². The quantitative estimate of drug-likeness (QED) is 0.696. The SMILES string of the molecule is COC(=O)c1n[nH]nc1-c1cnccn1. The number of esters is 1. The Morgan fingerprint density at radius 3 is 2.93 bits per heavy atom. The third-order valence-corrected chi connectivity index (χ3v) is 1.73. The maximum Gasteiger partial charge on any atom is 0.360 e. The first-order valence-electron chi connectivity index (χ1n) is 4.08. The number of H-pyrrole nitrogens is 1. The Hall–Kier alpha value is -2.31. The van der Waals surface area contributed by atoms with Crippen molar-refractivity contribution >= 4 is 5.97 Å². The highest BCUT2D eigenvalue weighted by Crippen LogP contribution is 2.15. The molecule has 2 rings (SSSR count). The molecule has 0 aliphatic carbocycles. The molecule has 7 nitrogen and oxygen atoms in total. The summed E-state index contributed by atoms with van der Waals surface area (Å²) >= 11 is 0. The largest absolute Gasteiger partial charge is 0.464 e. The van der Waals surface area contributed by atoms with E-state index in [1.54, 1.807) is 0 Å². The lowest BCUT2D eigenvalue weighted by Crippen LogP contribution is -2.04. The molecule has 0 radical (unpaired) electrons. The van der Waals surface area contributed by atoms with E-state index in [0.29, 0.717) is 11.4 Å². The van der Waals surface area contributed by atoms with Gasteiger partial charge >= 0.3 is 5.97 Å². The maximum absolute atomic E-state index is 11.3. The van der Waals surface area contributed by atoms with Gasteiger partial charge < -0.3 is 4.74 Å². The van der Waals surface area contributed by atoms with Crippen LogP contribution in [0.15, 0.2) is 18.6 Å². The lowest BCUT2D eigenvalue weighted by atomic mass is 10.2. The van der Waals surface area contributed by atoms with Gasteiger partial charge in [-0.05, 0) is 0 Å². The van der Waals surface area contributed by atoms with E-state index in [9.17, 15) is 4.79 Å². The molecule has 0 aromatic carbocycles. The molecule has 2 aromatic heterocycles. The van der Waals surface area contributed by atoms with Crippen molar-refractivity contribution < 1.29 is 9.53 Å². The highest BCUT2D eigenvalue weighted by molar-refractivity contribution is 5.93. The van der Waals surface area contributed by atoms with Gasteiger partial charge in [0.25, 0.3) is 0 Å². The maximum atomic E-state index is 11.3. The van der Waals surface area contributed by atoms with Crippen LogP contribution in [0, 0.1) is 0 Å². The van der Waals surface area contributed by atoms with Crippen molar-refractivity contribution in [3.05, 3.63) is 24.3 Å². The number of aromatic nitrogens is 5. The number of aromatic amines is 1. The highest BCUT2D eigenvalue weighted by Gasteiger charge is 2.18. The predicted octanol–water partition coefficient (Wildman–Crippen LogP) is 0.0483. The van der Waals surface area contributed by atoms with Gasteiger partial charge in [0.1, 0.15) is 11.4 Å². The Kier molecular flexibility index (Phi) is 2.36. The summed E-state index contributed by atoms with van der Waals surface area (Å²) in [5.41, 5.74) is 0.889. The first-order valence-corrected chi connectivity index (χ1v) is 4.08. The Labute approximate surface area is 84.5 Å². The molecule has 76 valence electrons. The monoisotopic (exact) mass is 205 g/mol. The molecule has 0 aliphatic heterocycles. The Morgan fingerprint density at radius 2 is 2.27 bits per heavy atom. The number of rotatable bonds is 2. The molecular weight excluding hydrogens is 198 g/mol. The molecule has 0 fully saturated rings. The zero-order valence-corrected chi connectivity index (χ0v) is 7.84. The summed E-state index contributed by atoms with van der Waals surface area (Å²) in [6.45, 7) is 0. The first kappa shape index (κ1) is 9.25. The molecule has 15 heavy (non-hydrogen) atoms. The van der Waals surface area contributed by atoms with Crippen molar-refractivity contribution in [1.29, 1.82) is 0 Å². The van der Waals surface area contributed by atoms with Crippen molar-refractivity contribution in [1.82, 2.24) is 25.4 Å². The van der Waals surface area contributed by atoms with Crippen LogP contribution in [0.4, 0.5) is 0 Å². The molecule has 0 atom stereocenters. The summed E-state index contributed by atoms with van der Waals surface area (Å²) < 4.78 is 4.55. The van der Waals surface area contributed by atoms with Crippen LogP contribution in [0.3, 0.4) is 0 Å². The van der Waals surface area contributed by atoms with Crippen LogP contribution >= 0.6 is 0 Å². The van der Waals surface area contributed by atoms with Gasteiger partial charge in [0.2, 0.25) is 0 Å². The van der Waals surface area contributed by atoms with E-state index in [-0.39, 0.29) is 5.69 Å².